The molecule has 7 heteroatoms. The third kappa shape index (κ3) is 4.02. The van der Waals surface area contributed by atoms with Gasteiger partial charge in [0.25, 0.3) is 5.91 Å². The molecule has 3 heterocycles. The maximum absolute atomic E-state index is 12.3. The Morgan fingerprint density at radius 1 is 1.50 bits per heavy atom. The van der Waals surface area contributed by atoms with Crippen molar-refractivity contribution < 1.29 is 9.53 Å². The van der Waals surface area contributed by atoms with E-state index in [1.54, 1.807) is 22.2 Å². The Kier molecular flexibility index (Phi) is 5.01. The first-order valence-electron chi connectivity index (χ1n) is 8.26. The maximum Gasteiger partial charge on any atom is 0.273 e. The van der Waals surface area contributed by atoms with Crippen molar-refractivity contribution in [2.45, 2.75) is 39.8 Å². The van der Waals surface area contributed by atoms with Gasteiger partial charge in [0.2, 0.25) is 0 Å². The average Bonchev–Trinajstić information content (AvgIpc) is 3.25. The van der Waals surface area contributed by atoms with E-state index in [0.29, 0.717) is 24.7 Å². The van der Waals surface area contributed by atoms with Gasteiger partial charge < -0.3 is 10.1 Å². The van der Waals surface area contributed by atoms with Gasteiger partial charge in [0, 0.05) is 23.9 Å². The fraction of sp³-hybridized carbons (Fsp3) is 0.588. The first-order valence-corrected chi connectivity index (χ1v) is 9.14. The lowest BCUT2D eigenvalue weighted by molar-refractivity contribution is 0.00736. The standard InChI is InChI=1S/C17H24N4O2S/c1-17(2,3)15-12(6-7-23-15)9-18-16(22)14-11-21(20-19-14)10-13-5-4-8-24-13/h4-5,8,11-12,15H,6-7,9-10H2,1-3H3,(H,18,22). The molecular weight excluding hydrogens is 324 g/mol. The number of aromatic nitrogens is 3. The van der Waals surface area contributed by atoms with Crippen molar-refractivity contribution in [3.8, 4) is 0 Å². The summed E-state index contributed by atoms with van der Waals surface area (Å²) >= 11 is 1.66. The fourth-order valence-electron chi connectivity index (χ4n) is 3.16. The van der Waals surface area contributed by atoms with Gasteiger partial charge in [-0.05, 0) is 23.3 Å². The summed E-state index contributed by atoms with van der Waals surface area (Å²) < 4.78 is 7.54. The monoisotopic (exact) mass is 348 g/mol. The Morgan fingerprint density at radius 3 is 3.04 bits per heavy atom. The van der Waals surface area contributed by atoms with E-state index in [1.807, 2.05) is 17.5 Å². The molecule has 130 valence electrons. The molecule has 1 fully saturated rings. The lowest BCUT2D eigenvalue weighted by Crippen LogP contribution is -2.38. The van der Waals surface area contributed by atoms with E-state index in [9.17, 15) is 4.79 Å². The summed E-state index contributed by atoms with van der Waals surface area (Å²) in [7, 11) is 0. The predicted octanol–water partition coefficient (Wildman–Crippen LogP) is 2.57. The second kappa shape index (κ2) is 7.03. The van der Waals surface area contributed by atoms with Crippen LogP contribution in [0.3, 0.4) is 0 Å². The minimum atomic E-state index is -0.174. The number of nitrogens with zero attached hydrogens (tertiary/aromatic N) is 3. The van der Waals surface area contributed by atoms with Gasteiger partial charge in [-0.3, -0.25) is 4.79 Å². The third-order valence-electron chi connectivity index (χ3n) is 4.26. The molecule has 1 amide bonds. The van der Waals surface area contributed by atoms with Gasteiger partial charge in [0.15, 0.2) is 5.69 Å². The summed E-state index contributed by atoms with van der Waals surface area (Å²) in [4.78, 5) is 13.5. The van der Waals surface area contributed by atoms with Gasteiger partial charge in [0.1, 0.15) is 0 Å². The van der Waals surface area contributed by atoms with Crippen LogP contribution in [0, 0.1) is 11.3 Å². The molecule has 1 aliphatic heterocycles. The molecule has 2 aromatic heterocycles. The summed E-state index contributed by atoms with van der Waals surface area (Å²) in [5.41, 5.74) is 0.438. The number of ether oxygens (including phenoxy) is 1. The van der Waals surface area contributed by atoms with Crippen molar-refractivity contribution in [1.29, 1.82) is 0 Å². The van der Waals surface area contributed by atoms with Crippen LogP contribution in [0.5, 0.6) is 0 Å². The van der Waals surface area contributed by atoms with E-state index in [4.69, 9.17) is 4.74 Å². The van der Waals surface area contributed by atoms with Gasteiger partial charge in [-0.15, -0.1) is 16.4 Å². The van der Waals surface area contributed by atoms with E-state index in [-0.39, 0.29) is 17.4 Å². The molecule has 0 aliphatic carbocycles. The van der Waals surface area contributed by atoms with Crippen molar-refractivity contribution in [2.75, 3.05) is 13.2 Å². The summed E-state index contributed by atoms with van der Waals surface area (Å²) in [6.45, 7) is 8.54. The average molecular weight is 348 g/mol. The van der Waals surface area contributed by atoms with Gasteiger partial charge >= 0.3 is 0 Å². The number of carbonyl (C=O) groups excluding carboxylic acids is 1. The van der Waals surface area contributed by atoms with Crippen LogP contribution in [-0.2, 0) is 11.3 Å². The molecule has 0 radical (unpaired) electrons. The second-order valence-corrected chi connectivity index (χ2v) is 8.33. The molecule has 1 saturated heterocycles. The minimum absolute atomic E-state index is 0.0791. The van der Waals surface area contributed by atoms with Crippen molar-refractivity contribution in [2.24, 2.45) is 11.3 Å². The van der Waals surface area contributed by atoms with Crippen LogP contribution in [-0.4, -0.2) is 40.2 Å². The van der Waals surface area contributed by atoms with Crippen molar-refractivity contribution >= 4 is 17.2 Å². The molecule has 0 bridgehead atoms. The Bertz CT molecular complexity index is 675. The number of hydrogen-bond donors (Lipinski definition) is 1. The predicted molar refractivity (Wildman–Crippen MR) is 93.1 cm³/mol. The Morgan fingerprint density at radius 2 is 2.33 bits per heavy atom. The highest BCUT2D eigenvalue weighted by Gasteiger charge is 2.37. The molecular formula is C17H24N4O2S. The van der Waals surface area contributed by atoms with Crippen LogP contribution in [0.2, 0.25) is 0 Å². The molecule has 2 unspecified atom stereocenters. The van der Waals surface area contributed by atoms with E-state index >= 15 is 0 Å². The largest absolute Gasteiger partial charge is 0.377 e. The van der Waals surface area contributed by atoms with Crippen LogP contribution in [0.1, 0.15) is 42.6 Å². The molecule has 24 heavy (non-hydrogen) atoms. The first kappa shape index (κ1) is 17.1. The van der Waals surface area contributed by atoms with E-state index < -0.39 is 0 Å². The molecule has 1 N–H and O–H groups in total. The molecule has 0 aromatic carbocycles. The first-order chi connectivity index (χ1) is 11.4. The van der Waals surface area contributed by atoms with Crippen molar-refractivity contribution in [3.05, 3.63) is 34.3 Å². The quantitative estimate of drug-likeness (QED) is 0.902. The highest BCUT2D eigenvalue weighted by atomic mass is 32.1. The molecule has 2 aromatic rings. The van der Waals surface area contributed by atoms with E-state index in [2.05, 4.69) is 36.4 Å². The lowest BCUT2D eigenvalue weighted by atomic mass is 9.81. The minimum Gasteiger partial charge on any atom is -0.377 e. The topological polar surface area (TPSA) is 69.0 Å². The molecule has 3 rings (SSSR count). The zero-order valence-corrected chi connectivity index (χ0v) is 15.2. The molecule has 0 spiro atoms. The zero-order valence-electron chi connectivity index (χ0n) is 14.4. The van der Waals surface area contributed by atoms with Crippen LogP contribution < -0.4 is 5.32 Å². The Hall–Kier alpha value is -1.73. The van der Waals surface area contributed by atoms with Gasteiger partial charge in [-0.25, -0.2) is 4.68 Å². The van der Waals surface area contributed by atoms with Gasteiger partial charge in [-0.1, -0.05) is 32.1 Å². The van der Waals surface area contributed by atoms with E-state index in [0.717, 1.165) is 13.0 Å². The van der Waals surface area contributed by atoms with Crippen LogP contribution in [0.4, 0.5) is 0 Å². The smallest absolute Gasteiger partial charge is 0.273 e. The Balaban J connectivity index is 1.55. The molecule has 2 atom stereocenters. The normalized spacial score (nSPS) is 21.1. The second-order valence-electron chi connectivity index (χ2n) is 7.30. The number of thiophene rings is 1. The van der Waals surface area contributed by atoms with Crippen LogP contribution in [0.15, 0.2) is 23.7 Å². The summed E-state index contributed by atoms with van der Waals surface area (Å²) in [6, 6.07) is 4.04. The molecule has 0 saturated carbocycles. The number of hydrogen-bond acceptors (Lipinski definition) is 5. The number of rotatable bonds is 5. The van der Waals surface area contributed by atoms with E-state index in [1.165, 1.54) is 4.88 Å². The molecule has 6 nitrogen and oxygen atoms in total. The lowest BCUT2D eigenvalue weighted by Gasteiger charge is -2.31. The highest BCUT2D eigenvalue weighted by molar-refractivity contribution is 7.09. The van der Waals surface area contributed by atoms with Gasteiger partial charge in [0.05, 0.1) is 18.8 Å². The zero-order chi connectivity index (χ0) is 17.2. The summed E-state index contributed by atoms with van der Waals surface area (Å²) in [5.74, 6) is 0.169. The fourth-order valence-corrected chi connectivity index (χ4v) is 3.85. The van der Waals surface area contributed by atoms with Crippen molar-refractivity contribution in [1.82, 2.24) is 20.3 Å². The number of carbonyl (C=O) groups is 1. The molecule has 1 aliphatic rings. The summed E-state index contributed by atoms with van der Waals surface area (Å²) in [6.07, 6.45) is 2.85. The number of amides is 1. The van der Waals surface area contributed by atoms with Gasteiger partial charge in [-0.2, -0.15) is 0 Å². The Labute approximate surface area is 146 Å². The van der Waals surface area contributed by atoms with Crippen LogP contribution in [0.25, 0.3) is 0 Å². The van der Waals surface area contributed by atoms with Crippen molar-refractivity contribution in [3.63, 3.8) is 0 Å². The summed E-state index contributed by atoms with van der Waals surface area (Å²) in [5, 5.41) is 13.0. The highest BCUT2D eigenvalue weighted by Crippen LogP contribution is 2.34. The van der Waals surface area contributed by atoms with Crippen LogP contribution >= 0.6 is 11.3 Å². The third-order valence-corrected chi connectivity index (χ3v) is 5.12. The number of nitrogens with one attached hydrogen (secondary N) is 1. The SMILES string of the molecule is CC(C)(C)C1OCCC1CNC(=O)c1cn(Cc2cccs2)nn1. The maximum atomic E-state index is 12.3.